The maximum atomic E-state index is 12.9. The second-order valence-corrected chi connectivity index (χ2v) is 9.25. The van der Waals surface area contributed by atoms with E-state index in [1.165, 1.54) is 23.3 Å². The van der Waals surface area contributed by atoms with Crippen molar-refractivity contribution in [2.45, 2.75) is 20.4 Å². The number of hydrogen-bond acceptors (Lipinski definition) is 4. The molecule has 0 radical (unpaired) electrons. The van der Waals surface area contributed by atoms with Crippen LogP contribution in [0.1, 0.15) is 16.7 Å². The van der Waals surface area contributed by atoms with E-state index in [4.69, 9.17) is 4.74 Å². The summed E-state index contributed by atoms with van der Waals surface area (Å²) in [6.45, 7) is 3.81. The molecular weight excluding hydrogens is 390 g/mol. The number of benzene rings is 2. The summed E-state index contributed by atoms with van der Waals surface area (Å²) in [6.07, 6.45) is 0. The van der Waals surface area contributed by atoms with Crippen LogP contribution in [0.15, 0.2) is 42.5 Å². The Hall–Kier alpha value is -2.58. The first kappa shape index (κ1) is 22.7. The van der Waals surface area contributed by atoms with Gasteiger partial charge in [0.2, 0.25) is 5.91 Å². The van der Waals surface area contributed by atoms with Gasteiger partial charge >= 0.3 is 10.2 Å². The predicted octanol–water partition coefficient (Wildman–Crippen LogP) is 2.58. The Labute approximate surface area is 173 Å². The summed E-state index contributed by atoms with van der Waals surface area (Å²) >= 11 is 0. The first-order valence-electron chi connectivity index (χ1n) is 9.20. The van der Waals surface area contributed by atoms with Crippen LogP contribution in [-0.4, -0.2) is 58.3 Å². The highest BCUT2D eigenvalue weighted by molar-refractivity contribution is 7.90. The fourth-order valence-electron chi connectivity index (χ4n) is 2.81. The van der Waals surface area contributed by atoms with E-state index >= 15 is 0 Å². The van der Waals surface area contributed by atoms with Crippen molar-refractivity contribution in [2.24, 2.45) is 0 Å². The molecule has 0 spiro atoms. The molecule has 0 saturated carbocycles. The van der Waals surface area contributed by atoms with Crippen molar-refractivity contribution in [3.05, 3.63) is 59.2 Å². The van der Waals surface area contributed by atoms with E-state index in [-0.39, 0.29) is 12.5 Å². The standard InChI is InChI=1S/C21H29N3O4S/c1-16-7-8-17(2)20(13-16)24(29(26,27)22(3)4)15-21(25)23(5)14-18-9-11-19(28-6)12-10-18/h7-13H,14-15H2,1-6H3. The molecule has 1 amide bonds. The monoisotopic (exact) mass is 419 g/mol. The summed E-state index contributed by atoms with van der Waals surface area (Å²) in [5.41, 5.74) is 3.13. The van der Waals surface area contributed by atoms with Gasteiger partial charge in [-0.3, -0.25) is 4.79 Å². The van der Waals surface area contributed by atoms with Crippen LogP contribution in [0.3, 0.4) is 0 Å². The average molecular weight is 420 g/mol. The number of hydrogen-bond donors (Lipinski definition) is 0. The topological polar surface area (TPSA) is 70.2 Å². The highest BCUT2D eigenvalue weighted by Gasteiger charge is 2.29. The van der Waals surface area contributed by atoms with E-state index in [0.717, 1.165) is 26.7 Å². The lowest BCUT2D eigenvalue weighted by atomic mass is 10.1. The molecule has 158 valence electrons. The zero-order valence-electron chi connectivity index (χ0n) is 17.8. The molecule has 0 aliphatic rings. The van der Waals surface area contributed by atoms with Gasteiger partial charge in [0.05, 0.1) is 12.8 Å². The van der Waals surface area contributed by atoms with Gasteiger partial charge in [0.1, 0.15) is 12.3 Å². The SMILES string of the molecule is COc1ccc(CN(C)C(=O)CN(c2cc(C)ccc2C)S(=O)(=O)N(C)C)cc1. The zero-order valence-corrected chi connectivity index (χ0v) is 18.7. The van der Waals surface area contributed by atoms with Crippen molar-refractivity contribution in [1.29, 1.82) is 0 Å². The third kappa shape index (κ3) is 5.48. The lowest BCUT2D eigenvalue weighted by Gasteiger charge is -2.30. The highest BCUT2D eigenvalue weighted by atomic mass is 32.2. The van der Waals surface area contributed by atoms with Gasteiger partial charge in [-0.05, 0) is 48.7 Å². The molecule has 29 heavy (non-hydrogen) atoms. The van der Waals surface area contributed by atoms with Crippen LogP contribution in [-0.2, 0) is 21.5 Å². The molecule has 0 heterocycles. The number of carbonyl (C=O) groups is 1. The number of rotatable bonds is 8. The second kappa shape index (κ2) is 9.28. The average Bonchev–Trinajstić information content (AvgIpc) is 2.68. The van der Waals surface area contributed by atoms with E-state index in [1.54, 1.807) is 20.2 Å². The fourth-order valence-corrected chi connectivity index (χ4v) is 3.93. The van der Waals surface area contributed by atoms with Gasteiger partial charge in [0.25, 0.3) is 0 Å². The van der Waals surface area contributed by atoms with Gasteiger partial charge in [-0.2, -0.15) is 12.7 Å². The Morgan fingerprint density at radius 2 is 1.62 bits per heavy atom. The van der Waals surface area contributed by atoms with Crippen molar-refractivity contribution in [3.63, 3.8) is 0 Å². The van der Waals surface area contributed by atoms with Crippen molar-refractivity contribution in [3.8, 4) is 5.75 Å². The molecule has 8 heteroatoms. The Balaban J connectivity index is 2.27. The number of amides is 1. The van der Waals surface area contributed by atoms with Crippen LogP contribution >= 0.6 is 0 Å². The van der Waals surface area contributed by atoms with Gasteiger partial charge in [-0.1, -0.05) is 24.3 Å². The molecule has 2 aromatic rings. The summed E-state index contributed by atoms with van der Waals surface area (Å²) in [7, 11) is 2.33. The molecule has 0 aliphatic heterocycles. The van der Waals surface area contributed by atoms with E-state index in [1.807, 2.05) is 50.2 Å². The van der Waals surface area contributed by atoms with E-state index in [2.05, 4.69) is 0 Å². The minimum atomic E-state index is -3.84. The highest BCUT2D eigenvalue weighted by Crippen LogP contribution is 2.25. The van der Waals surface area contributed by atoms with Crippen molar-refractivity contribution >= 4 is 21.8 Å². The van der Waals surface area contributed by atoms with Gasteiger partial charge in [0.15, 0.2) is 0 Å². The first-order valence-corrected chi connectivity index (χ1v) is 10.6. The molecule has 0 bridgehead atoms. The molecule has 2 rings (SSSR count). The summed E-state index contributed by atoms with van der Waals surface area (Å²) in [6, 6.07) is 13.0. The molecule has 0 N–H and O–H groups in total. The minimum absolute atomic E-state index is 0.280. The maximum absolute atomic E-state index is 12.9. The normalized spacial score (nSPS) is 11.4. The lowest BCUT2D eigenvalue weighted by molar-refractivity contribution is -0.128. The molecular formula is C21H29N3O4S. The molecule has 0 saturated heterocycles. The lowest BCUT2D eigenvalue weighted by Crippen LogP contribution is -2.46. The van der Waals surface area contributed by atoms with Crippen molar-refractivity contribution in [2.75, 3.05) is 39.1 Å². The van der Waals surface area contributed by atoms with E-state index in [0.29, 0.717) is 12.2 Å². The van der Waals surface area contributed by atoms with Gasteiger partial charge in [0, 0.05) is 27.7 Å². The summed E-state index contributed by atoms with van der Waals surface area (Å²) in [5.74, 6) is 0.438. The third-order valence-electron chi connectivity index (χ3n) is 4.66. The molecule has 2 aromatic carbocycles. The summed E-state index contributed by atoms with van der Waals surface area (Å²) < 4.78 is 33.3. The molecule has 0 fully saturated rings. The van der Waals surface area contributed by atoms with Crippen LogP contribution in [0, 0.1) is 13.8 Å². The van der Waals surface area contributed by atoms with Crippen LogP contribution in [0.2, 0.25) is 0 Å². The molecule has 0 unspecified atom stereocenters. The zero-order chi connectivity index (χ0) is 21.8. The largest absolute Gasteiger partial charge is 0.497 e. The Morgan fingerprint density at radius 3 is 2.17 bits per heavy atom. The van der Waals surface area contributed by atoms with Crippen LogP contribution in [0.5, 0.6) is 5.75 Å². The van der Waals surface area contributed by atoms with E-state index in [9.17, 15) is 13.2 Å². The molecule has 0 aliphatic carbocycles. The number of carbonyl (C=O) groups excluding carboxylic acids is 1. The molecule has 0 aromatic heterocycles. The third-order valence-corrected chi connectivity index (χ3v) is 6.46. The predicted molar refractivity (Wildman–Crippen MR) is 115 cm³/mol. The number of nitrogens with zero attached hydrogens (tertiary/aromatic N) is 3. The van der Waals surface area contributed by atoms with Crippen LogP contribution in [0.4, 0.5) is 5.69 Å². The van der Waals surface area contributed by atoms with Gasteiger partial charge in [-0.25, -0.2) is 4.31 Å². The maximum Gasteiger partial charge on any atom is 0.304 e. The Bertz CT molecular complexity index is 956. The van der Waals surface area contributed by atoms with Gasteiger partial charge < -0.3 is 9.64 Å². The number of ether oxygens (including phenoxy) is 1. The second-order valence-electron chi connectivity index (χ2n) is 7.18. The van der Waals surface area contributed by atoms with Crippen molar-refractivity contribution < 1.29 is 17.9 Å². The molecule has 7 nitrogen and oxygen atoms in total. The smallest absolute Gasteiger partial charge is 0.304 e. The van der Waals surface area contributed by atoms with Crippen LogP contribution < -0.4 is 9.04 Å². The Morgan fingerprint density at radius 1 is 1.00 bits per heavy atom. The first-order chi connectivity index (χ1) is 13.6. The summed E-state index contributed by atoms with van der Waals surface area (Å²) in [4.78, 5) is 14.4. The van der Waals surface area contributed by atoms with Crippen molar-refractivity contribution in [1.82, 2.24) is 9.21 Å². The quantitative estimate of drug-likeness (QED) is 0.659. The van der Waals surface area contributed by atoms with E-state index < -0.39 is 10.2 Å². The molecule has 0 atom stereocenters. The van der Waals surface area contributed by atoms with Crippen LogP contribution in [0.25, 0.3) is 0 Å². The minimum Gasteiger partial charge on any atom is -0.497 e. The number of aryl methyl sites for hydroxylation is 2. The number of anilines is 1. The number of likely N-dealkylation sites (N-methyl/N-ethyl adjacent to an activating group) is 1. The Kier molecular flexibility index (Phi) is 7.26. The summed E-state index contributed by atoms with van der Waals surface area (Å²) in [5, 5.41) is 0. The number of methoxy groups -OCH3 is 1. The van der Waals surface area contributed by atoms with Gasteiger partial charge in [-0.15, -0.1) is 0 Å². The fraction of sp³-hybridized carbons (Fsp3) is 0.381.